The molecule has 2 aliphatic rings. The van der Waals surface area contributed by atoms with Crippen molar-refractivity contribution in [3.05, 3.63) is 57.4 Å². The van der Waals surface area contributed by atoms with Crippen molar-refractivity contribution < 1.29 is 18.0 Å². The number of benzene rings is 1. The van der Waals surface area contributed by atoms with Crippen LogP contribution in [-0.2, 0) is 4.79 Å². The van der Waals surface area contributed by atoms with Crippen molar-refractivity contribution in [1.82, 2.24) is 9.58 Å². The SMILES string of the molecule is Cc1ccc(-n2c(C)cc(C=C3C(=N)N4N=C(C(F)(F)F)SC4=NC3=O)c2C)cc1Cl. The first-order valence-electron chi connectivity index (χ1n) is 9.00. The number of hydrogen-bond donors (Lipinski definition) is 1. The Morgan fingerprint density at radius 2 is 1.90 bits per heavy atom. The number of amidine groups is 2. The van der Waals surface area contributed by atoms with Gasteiger partial charge >= 0.3 is 6.18 Å². The van der Waals surface area contributed by atoms with Gasteiger partial charge in [-0.2, -0.15) is 28.3 Å². The van der Waals surface area contributed by atoms with Crippen molar-refractivity contribution in [3.63, 3.8) is 0 Å². The fourth-order valence-electron chi connectivity index (χ4n) is 3.31. The lowest BCUT2D eigenvalue weighted by atomic mass is 10.1. The second-order valence-corrected chi connectivity index (χ2v) is 8.38. The van der Waals surface area contributed by atoms with E-state index in [2.05, 4.69) is 10.1 Å². The molecule has 1 aromatic heterocycles. The van der Waals surface area contributed by atoms with Crippen LogP contribution in [0.4, 0.5) is 13.2 Å². The van der Waals surface area contributed by atoms with E-state index in [0.717, 1.165) is 27.6 Å². The minimum Gasteiger partial charge on any atom is -0.318 e. The Bertz CT molecular complexity index is 1240. The summed E-state index contributed by atoms with van der Waals surface area (Å²) in [5.74, 6) is -1.24. The van der Waals surface area contributed by atoms with Crippen molar-refractivity contribution in [2.45, 2.75) is 26.9 Å². The Morgan fingerprint density at radius 1 is 1.19 bits per heavy atom. The number of fused-ring (bicyclic) bond motifs is 1. The van der Waals surface area contributed by atoms with Gasteiger partial charge in [-0.25, -0.2) is 0 Å². The number of aryl methyl sites for hydroxylation is 2. The van der Waals surface area contributed by atoms with Crippen molar-refractivity contribution in [2.75, 3.05) is 0 Å². The fraction of sp³-hybridized carbons (Fsp3) is 0.200. The number of alkyl halides is 3. The molecule has 2 aliphatic heterocycles. The van der Waals surface area contributed by atoms with Crippen molar-refractivity contribution >= 4 is 51.4 Å². The predicted molar refractivity (Wildman–Crippen MR) is 116 cm³/mol. The molecule has 0 bridgehead atoms. The van der Waals surface area contributed by atoms with Gasteiger partial charge in [-0.15, -0.1) is 0 Å². The Hall–Kier alpha value is -2.85. The predicted octanol–water partition coefficient (Wildman–Crippen LogP) is 5.24. The molecule has 0 unspecified atom stereocenters. The molecule has 6 nitrogen and oxygen atoms in total. The summed E-state index contributed by atoms with van der Waals surface area (Å²) in [6.07, 6.45) is -3.23. The average molecular weight is 466 g/mol. The van der Waals surface area contributed by atoms with Crippen LogP contribution in [0, 0.1) is 26.2 Å². The summed E-state index contributed by atoms with van der Waals surface area (Å²) in [5, 5.41) is 11.6. The van der Waals surface area contributed by atoms with Crippen LogP contribution in [-0.4, -0.2) is 37.7 Å². The van der Waals surface area contributed by atoms with Gasteiger partial charge in [-0.3, -0.25) is 10.2 Å². The normalized spacial score (nSPS) is 17.9. The molecule has 1 amide bonds. The topological polar surface area (TPSA) is 73.8 Å². The third-order valence-electron chi connectivity index (χ3n) is 4.88. The first kappa shape index (κ1) is 21.4. The number of carbonyl (C=O) groups is 1. The number of thioether (sulfide) groups is 1. The van der Waals surface area contributed by atoms with Crippen molar-refractivity contribution in [3.8, 4) is 5.69 Å². The van der Waals surface area contributed by atoms with Gasteiger partial charge in [-0.05, 0) is 67.9 Å². The van der Waals surface area contributed by atoms with Gasteiger partial charge < -0.3 is 4.57 Å². The van der Waals surface area contributed by atoms with Gasteiger partial charge in [0.25, 0.3) is 5.91 Å². The van der Waals surface area contributed by atoms with Crippen LogP contribution in [0.3, 0.4) is 0 Å². The van der Waals surface area contributed by atoms with Crippen LogP contribution in [0.1, 0.15) is 22.5 Å². The maximum Gasteiger partial charge on any atom is 0.441 e. The number of aliphatic imine (C=N–C) groups is 1. The number of nitrogens with one attached hydrogen (secondary N) is 1. The number of rotatable bonds is 2. The first-order valence-corrected chi connectivity index (χ1v) is 10.2. The molecule has 0 saturated heterocycles. The molecule has 4 rings (SSSR count). The maximum absolute atomic E-state index is 13.0. The van der Waals surface area contributed by atoms with Crippen LogP contribution >= 0.6 is 23.4 Å². The highest BCUT2D eigenvalue weighted by Gasteiger charge is 2.46. The molecule has 2 aromatic rings. The lowest BCUT2D eigenvalue weighted by Crippen LogP contribution is -2.35. The molecule has 11 heteroatoms. The number of hydrogen-bond acceptors (Lipinski definition) is 4. The van der Waals surface area contributed by atoms with E-state index in [0.29, 0.717) is 10.6 Å². The van der Waals surface area contributed by atoms with E-state index in [-0.39, 0.29) is 22.5 Å². The first-order chi connectivity index (χ1) is 14.5. The summed E-state index contributed by atoms with van der Waals surface area (Å²) < 4.78 is 40.8. The molecule has 3 heterocycles. The van der Waals surface area contributed by atoms with Crippen molar-refractivity contribution in [2.24, 2.45) is 10.1 Å². The lowest BCUT2D eigenvalue weighted by Gasteiger charge is -2.20. The van der Waals surface area contributed by atoms with E-state index in [4.69, 9.17) is 17.0 Å². The number of aromatic nitrogens is 1. The zero-order valence-electron chi connectivity index (χ0n) is 16.5. The second kappa shape index (κ2) is 7.38. The highest BCUT2D eigenvalue weighted by Crippen LogP contribution is 2.35. The van der Waals surface area contributed by atoms with Crippen LogP contribution in [0.5, 0.6) is 0 Å². The fourth-order valence-corrected chi connectivity index (χ4v) is 4.25. The Morgan fingerprint density at radius 3 is 2.55 bits per heavy atom. The van der Waals surface area contributed by atoms with Crippen LogP contribution in [0.15, 0.2) is 39.9 Å². The minimum absolute atomic E-state index is 0.140. The van der Waals surface area contributed by atoms with Gasteiger partial charge in [-0.1, -0.05) is 17.7 Å². The molecular formula is C20H15ClF3N5OS. The van der Waals surface area contributed by atoms with E-state index in [1.165, 1.54) is 6.08 Å². The quantitative estimate of drug-likeness (QED) is 0.616. The van der Waals surface area contributed by atoms with E-state index in [1.807, 2.05) is 49.6 Å². The number of carbonyl (C=O) groups excluding carboxylic acids is 1. The van der Waals surface area contributed by atoms with Gasteiger partial charge in [0.15, 0.2) is 5.84 Å². The van der Waals surface area contributed by atoms with Gasteiger partial charge in [0.05, 0.1) is 5.57 Å². The van der Waals surface area contributed by atoms with Gasteiger partial charge in [0.2, 0.25) is 10.2 Å². The van der Waals surface area contributed by atoms with Gasteiger partial charge in [0, 0.05) is 22.1 Å². The molecule has 160 valence electrons. The highest BCUT2D eigenvalue weighted by atomic mass is 35.5. The molecule has 0 aliphatic carbocycles. The summed E-state index contributed by atoms with van der Waals surface area (Å²) >= 11 is 6.47. The molecule has 1 N–H and O–H groups in total. The van der Waals surface area contributed by atoms with E-state index >= 15 is 0 Å². The lowest BCUT2D eigenvalue weighted by molar-refractivity contribution is -0.114. The third-order valence-corrected chi connectivity index (χ3v) is 6.24. The smallest absolute Gasteiger partial charge is 0.318 e. The summed E-state index contributed by atoms with van der Waals surface area (Å²) in [6.45, 7) is 5.62. The molecule has 0 spiro atoms. The molecule has 0 atom stereocenters. The standard InChI is InChI=1S/C20H15ClF3N5OS/c1-9-4-5-13(8-15(9)21)28-10(2)6-12(11(28)3)7-14-16(25)29-19(26-17(14)30)31-18(27-29)20(22,23)24/h4-8,25H,1-3H3. The monoisotopic (exact) mass is 465 g/mol. The third kappa shape index (κ3) is 3.70. The van der Waals surface area contributed by atoms with E-state index < -0.39 is 23.0 Å². The Kier molecular flexibility index (Phi) is 5.09. The van der Waals surface area contributed by atoms with Crippen LogP contribution < -0.4 is 0 Å². The summed E-state index contributed by atoms with van der Waals surface area (Å²) in [7, 11) is 0. The summed E-state index contributed by atoms with van der Waals surface area (Å²) in [4.78, 5) is 16.2. The zero-order chi connectivity index (χ0) is 22.7. The van der Waals surface area contributed by atoms with Crippen molar-refractivity contribution in [1.29, 1.82) is 5.41 Å². The number of amides is 1. The average Bonchev–Trinajstić information content (AvgIpc) is 3.22. The molecular weight excluding hydrogens is 451 g/mol. The largest absolute Gasteiger partial charge is 0.441 e. The molecule has 0 saturated carbocycles. The van der Waals surface area contributed by atoms with Crippen LogP contribution in [0.2, 0.25) is 5.02 Å². The number of nitrogens with zero attached hydrogens (tertiary/aromatic N) is 4. The second-order valence-electron chi connectivity index (χ2n) is 7.02. The number of halogens is 4. The molecule has 1 aromatic carbocycles. The molecule has 0 fully saturated rings. The summed E-state index contributed by atoms with van der Waals surface area (Å²) in [6, 6.07) is 7.45. The van der Waals surface area contributed by atoms with Crippen LogP contribution in [0.25, 0.3) is 11.8 Å². The maximum atomic E-state index is 13.0. The van der Waals surface area contributed by atoms with E-state index in [1.54, 1.807) is 0 Å². The molecule has 31 heavy (non-hydrogen) atoms. The summed E-state index contributed by atoms with van der Waals surface area (Å²) in [5.41, 5.74) is 3.89. The van der Waals surface area contributed by atoms with E-state index in [9.17, 15) is 18.0 Å². The zero-order valence-corrected chi connectivity index (χ0v) is 18.1. The van der Waals surface area contributed by atoms with Gasteiger partial charge in [0.1, 0.15) is 0 Å². The Balaban J connectivity index is 1.75. The number of hydrazone groups is 1. The minimum atomic E-state index is -4.68. The Labute approximate surface area is 184 Å². The highest BCUT2D eigenvalue weighted by molar-refractivity contribution is 8.27. The molecule has 0 radical (unpaired) electrons.